The maximum Gasteiger partial charge on any atom is 0.219 e. The second kappa shape index (κ2) is 4.12. The Morgan fingerprint density at radius 2 is 2.13 bits per heavy atom. The molecule has 0 radical (unpaired) electrons. The van der Waals surface area contributed by atoms with Crippen LogP contribution < -0.4 is 11.1 Å². The minimum Gasteiger partial charge on any atom is -0.370 e. The molecule has 0 aromatic carbocycles. The minimum atomic E-state index is -0.194. The second-order valence-electron chi connectivity index (χ2n) is 5.78. The number of carbonyl (C=O) groups is 1. The van der Waals surface area contributed by atoms with Gasteiger partial charge in [-0.25, -0.2) is 0 Å². The van der Waals surface area contributed by atoms with E-state index in [0.29, 0.717) is 17.8 Å². The summed E-state index contributed by atoms with van der Waals surface area (Å²) < 4.78 is 0. The number of nitrogens with two attached hydrogens (primary N) is 1. The van der Waals surface area contributed by atoms with E-state index in [1.54, 1.807) is 0 Å². The molecule has 1 saturated carbocycles. The maximum atomic E-state index is 11.2. The van der Waals surface area contributed by atoms with E-state index in [1.807, 2.05) is 0 Å². The summed E-state index contributed by atoms with van der Waals surface area (Å²) in [7, 11) is 0. The van der Waals surface area contributed by atoms with E-state index < -0.39 is 0 Å². The third-order valence-corrected chi connectivity index (χ3v) is 3.61. The molecule has 88 valence electrons. The van der Waals surface area contributed by atoms with Crippen molar-refractivity contribution in [2.75, 3.05) is 6.54 Å². The standard InChI is InChI=1S/C12H24N2O/c1-5-14-12(7-10(13)15)8-11(3,4)6-9(12)2/h9,14H,5-8H2,1-4H3,(H2,13,15). The van der Waals surface area contributed by atoms with Crippen molar-refractivity contribution in [3.05, 3.63) is 0 Å². The SMILES string of the molecule is CCNC1(CC(N)=O)CC(C)(C)CC1C. The van der Waals surface area contributed by atoms with Crippen molar-refractivity contribution in [2.45, 2.75) is 52.5 Å². The van der Waals surface area contributed by atoms with Crippen molar-refractivity contribution in [2.24, 2.45) is 17.1 Å². The zero-order chi connectivity index (χ0) is 11.7. The Labute approximate surface area is 92.8 Å². The Hall–Kier alpha value is -0.570. The zero-order valence-corrected chi connectivity index (χ0v) is 10.4. The lowest BCUT2D eigenvalue weighted by Gasteiger charge is -2.34. The van der Waals surface area contributed by atoms with Gasteiger partial charge in [-0.2, -0.15) is 0 Å². The summed E-state index contributed by atoms with van der Waals surface area (Å²) in [4.78, 5) is 11.2. The van der Waals surface area contributed by atoms with Crippen molar-refractivity contribution in [1.29, 1.82) is 0 Å². The number of amides is 1. The lowest BCUT2D eigenvalue weighted by Crippen LogP contribution is -2.50. The fourth-order valence-corrected chi connectivity index (χ4v) is 3.32. The van der Waals surface area contributed by atoms with Crippen LogP contribution in [0.4, 0.5) is 0 Å². The summed E-state index contributed by atoms with van der Waals surface area (Å²) >= 11 is 0. The highest BCUT2D eigenvalue weighted by atomic mass is 16.1. The topological polar surface area (TPSA) is 55.1 Å². The largest absolute Gasteiger partial charge is 0.370 e. The number of primary amides is 1. The molecule has 3 N–H and O–H groups in total. The van der Waals surface area contributed by atoms with Gasteiger partial charge < -0.3 is 11.1 Å². The molecule has 0 bridgehead atoms. The summed E-state index contributed by atoms with van der Waals surface area (Å²) in [5.74, 6) is 0.320. The summed E-state index contributed by atoms with van der Waals surface area (Å²) in [6.07, 6.45) is 2.66. The lowest BCUT2D eigenvalue weighted by molar-refractivity contribution is -0.119. The molecule has 1 aliphatic carbocycles. The first-order chi connectivity index (χ1) is 6.81. The first-order valence-corrected chi connectivity index (χ1v) is 5.85. The van der Waals surface area contributed by atoms with E-state index in [1.165, 1.54) is 0 Å². The molecule has 0 saturated heterocycles. The molecule has 0 aliphatic heterocycles. The molecule has 0 heterocycles. The molecule has 1 fully saturated rings. The van der Waals surface area contributed by atoms with Crippen molar-refractivity contribution >= 4 is 5.91 Å². The van der Waals surface area contributed by atoms with Crippen LogP contribution in [0.25, 0.3) is 0 Å². The van der Waals surface area contributed by atoms with E-state index >= 15 is 0 Å². The highest BCUT2D eigenvalue weighted by molar-refractivity contribution is 5.75. The molecule has 0 aromatic heterocycles. The van der Waals surface area contributed by atoms with Gasteiger partial charge in [-0.1, -0.05) is 27.7 Å². The molecule has 3 heteroatoms. The van der Waals surface area contributed by atoms with Gasteiger partial charge >= 0.3 is 0 Å². The molecule has 0 spiro atoms. The van der Waals surface area contributed by atoms with Crippen molar-refractivity contribution in [3.63, 3.8) is 0 Å². The first kappa shape index (κ1) is 12.5. The molecular formula is C12H24N2O. The van der Waals surface area contributed by atoms with Crippen LogP contribution in [0, 0.1) is 11.3 Å². The molecule has 2 unspecified atom stereocenters. The van der Waals surface area contributed by atoms with Gasteiger partial charge in [0.15, 0.2) is 0 Å². The third kappa shape index (κ3) is 2.71. The van der Waals surface area contributed by atoms with E-state index in [4.69, 9.17) is 5.73 Å². The van der Waals surface area contributed by atoms with Crippen LogP contribution in [0.2, 0.25) is 0 Å². The fraction of sp³-hybridized carbons (Fsp3) is 0.917. The highest BCUT2D eigenvalue weighted by Gasteiger charge is 2.48. The second-order valence-corrected chi connectivity index (χ2v) is 5.78. The van der Waals surface area contributed by atoms with Crippen LogP contribution in [0.15, 0.2) is 0 Å². The molecule has 1 amide bonds. The molecule has 0 aromatic rings. The smallest absolute Gasteiger partial charge is 0.219 e. The van der Waals surface area contributed by atoms with Crippen molar-refractivity contribution in [3.8, 4) is 0 Å². The fourth-order valence-electron chi connectivity index (χ4n) is 3.32. The lowest BCUT2D eigenvalue weighted by atomic mass is 9.83. The van der Waals surface area contributed by atoms with Crippen LogP contribution in [0.1, 0.15) is 47.0 Å². The Morgan fingerprint density at radius 1 is 1.53 bits per heavy atom. The van der Waals surface area contributed by atoms with Crippen LogP contribution in [0.5, 0.6) is 0 Å². The molecule has 1 rings (SSSR count). The minimum absolute atomic E-state index is 0.0654. The van der Waals surface area contributed by atoms with E-state index in [9.17, 15) is 4.79 Å². The van der Waals surface area contributed by atoms with E-state index in [2.05, 4.69) is 33.0 Å². The van der Waals surface area contributed by atoms with Gasteiger partial charge in [-0.3, -0.25) is 4.79 Å². The molecule has 15 heavy (non-hydrogen) atoms. The molecule has 1 aliphatic rings. The zero-order valence-electron chi connectivity index (χ0n) is 10.4. The maximum absolute atomic E-state index is 11.2. The molecule has 3 nitrogen and oxygen atoms in total. The summed E-state index contributed by atoms with van der Waals surface area (Å²) in [6.45, 7) is 9.74. The number of hydrogen-bond acceptors (Lipinski definition) is 2. The van der Waals surface area contributed by atoms with Crippen molar-refractivity contribution < 1.29 is 4.79 Å². The van der Waals surface area contributed by atoms with Crippen LogP contribution in [-0.2, 0) is 4.79 Å². The predicted octanol–water partition coefficient (Wildman–Crippen LogP) is 1.67. The average Bonchev–Trinajstić information content (AvgIpc) is 2.20. The van der Waals surface area contributed by atoms with Gasteiger partial charge in [0.25, 0.3) is 0 Å². The van der Waals surface area contributed by atoms with E-state index in [-0.39, 0.29) is 11.4 Å². The van der Waals surface area contributed by atoms with Gasteiger partial charge in [-0.15, -0.1) is 0 Å². The Balaban J connectivity index is 2.86. The quantitative estimate of drug-likeness (QED) is 0.744. The number of rotatable bonds is 4. The van der Waals surface area contributed by atoms with Crippen LogP contribution in [-0.4, -0.2) is 18.0 Å². The number of hydrogen-bond donors (Lipinski definition) is 2. The summed E-state index contributed by atoms with van der Waals surface area (Å²) in [5.41, 5.74) is 5.61. The first-order valence-electron chi connectivity index (χ1n) is 5.85. The van der Waals surface area contributed by atoms with Gasteiger partial charge in [0.2, 0.25) is 5.91 Å². The molecular weight excluding hydrogens is 188 g/mol. The predicted molar refractivity (Wildman–Crippen MR) is 62.4 cm³/mol. The van der Waals surface area contributed by atoms with Gasteiger partial charge in [-0.05, 0) is 30.7 Å². The van der Waals surface area contributed by atoms with Crippen LogP contribution in [0.3, 0.4) is 0 Å². The average molecular weight is 212 g/mol. The summed E-state index contributed by atoms with van der Waals surface area (Å²) in [5, 5.41) is 3.49. The highest BCUT2D eigenvalue weighted by Crippen LogP contribution is 2.48. The van der Waals surface area contributed by atoms with Crippen LogP contribution >= 0.6 is 0 Å². The summed E-state index contributed by atoms with van der Waals surface area (Å²) in [6, 6.07) is 0. The Kier molecular flexibility index (Phi) is 3.44. The number of nitrogens with one attached hydrogen (secondary N) is 1. The number of carbonyl (C=O) groups excluding carboxylic acids is 1. The van der Waals surface area contributed by atoms with Gasteiger partial charge in [0, 0.05) is 12.0 Å². The molecule has 2 atom stereocenters. The normalized spacial score (nSPS) is 34.3. The van der Waals surface area contributed by atoms with E-state index in [0.717, 1.165) is 19.4 Å². The Bertz CT molecular complexity index is 250. The van der Waals surface area contributed by atoms with Gasteiger partial charge in [0.1, 0.15) is 0 Å². The monoisotopic (exact) mass is 212 g/mol. The van der Waals surface area contributed by atoms with Gasteiger partial charge in [0.05, 0.1) is 0 Å². The Morgan fingerprint density at radius 3 is 2.47 bits per heavy atom. The third-order valence-electron chi connectivity index (χ3n) is 3.61. The van der Waals surface area contributed by atoms with Crippen molar-refractivity contribution in [1.82, 2.24) is 5.32 Å².